The number of rotatable bonds is 1. The van der Waals surface area contributed by atoms with Crippen LogP contribution in [0, 0.1) is 3.57 Å². The Morgan fingerprint density at radius 2 is 1.81 bits per heavy atom. The second kappa shape index (κ2) is 4.96. The molecule has 0 fully saturated rings. The maximum Gasteiger partial charge on any atom is 0.232 e. The Balaban J connectivity index is 2.05. The van der Waals surface area contributed by atoms with Crippen LogP contribution in [0.1, 0.15) is 15.9 Å². The summed E-state index contributed by atoms with van der Waals surface area (Å²) in [6.45, 7) is 0. The van der Waals surface area contributed by atoms with Gasteiger partial charge in [0.15, 0.2) is 11.5 Å². The standard InChI is InChI=1S/C15H9IO5/c16-13-10(18)4-3-9-14(20)12(21-15(9)13)5-7-1-2-8(17)6-11(7)19/h1-6,17-19H/b12-5-. The predicted octanol–water partition coefficient (Wildman–Crippen LogP) is 3.02. The molecule has 5 nitrogen and oxygen atoms in total. The van der Waals surface area contributed by atoms with Crippen LogP contribution < -0.4 is 4.74 Å². The molecule has 0 spiro atoms. The number of aromatic hydroxyl groups is 3. The first-order valence-corrected chi connectivity index (χ1v) is 7.03. The number of carbonyl (C=O) groups is 1. The minimum atomic E-state index is -0.324. The largest absolute Gasteiger partial charge is 0.508 e. The average Bonchev–Trinajstić information content (AvgIpc) is 2.75. The molecule has 21 heavy (non-hydrogen) atoms. The van der Waals surface area contributed by atoms with Crippen LogP contribution in [0.15, 0.2) is 36.1 Å². The minimum absolute atomic E-state index is 0.0379. The molecular formula is C15H9IO5. The Morgan fingerprint density at radius 3 is 2.52 bits per heavy atom. The van der Waals surface area contributed by atoms with E-state index < -0.39 is 0 Å². The summed E-state index contributed by atoms with van der Waals surface area (Å²) in [7, 11) is 0. The number of fused-ring (bicyclic) bond motifs is 1. The third kappa shape index (κ3) is 2.31. The number of phenolic OH excluding ortho intramolecular Hbond substituents is 3. The van der Waals surface area contributed by atoms with Crippen LogP contribution in [0.4, 0.5) is 0 Å². The number of benzene rings is 2. The molecule has 2 aromatic rings. The Labute approximate surface area is 133 Å². The van der Waals surface area contributed by atoms with Gasteiger partial charge in [-0.3, -0.25) is 4.79 Å². The summed E-state index contributed by atoms with van der Waals surface area (Å²) in [5.41, 5.74) is 0.713. The number of carbonyl (C=O) groups excluding carboxylic acids is 1. The number of Topliss-reactive ketones (excluding diaryl/α,β-unsaturated/α-hetero) is 1. The zero-order valence-electron chi connectivity index (χ0n) is 10.5. The Bertz CT molecular complexity index is 795. The van der Waals surface area contributed by atoms with Gasteiger partial charge in [-0.25, -0.2) is 0 Å². The molecule has 0 radical (unpaired) electrons. The van der Waals surface area contributed by atoms with Gasteiger partial charge < -0.3 is 20.1 Å². The highest BCUT2D eigenvalue weighted by Crippen LogP contribution is 2.40. The Kier molecular flexibility index (Phi) is 3.25. The summed E-state index contributed by atoms with van der Waals surface area (Å²) < 4.78 is 5.95. The van der Waals surface area contributed by atoms with Crippen LogP contribution in [-0.4, -0.2) is 21.1 Å². The average molecular weight is 396 g/mol. The third-order valence-corrected chi connectivity index (χ3v) is 4.10. The highest BCUT2D eigenvalue weighted by Gasteiger charge is 2.30. The lowest BCUT2D eigenvalue weighted by Gasteiger charge is -2.03. The molecular weight excluding hydrogens is 387 g/mol. The van der Waals surface area contributed by atoms with Gasteiger partial charge in [0.2, 0.25) is 5.78 Å². The van der Waals surface area contributed by atoms with Crippen LogP contribution in [0.25, 0.3) is 6.08 Å². The van der Waals surface area contributed by atoms with Crippen LogP contribution >= 0.6 is 22.6 Å². The molecule has 0 unspecified atom stereocenters. The van der Waals surface area contributed by atoms with Gasteiger partial charge in [-0.15, -0.1) is 0 Å². The SMILES string of the molecule is O=C1/C(=C/c2ccc(O)cc2O)Oc2c1ccc(O)c2I. The maximum atomic E-state index is 12.2. The zero-order valence-corrected chi connectivity index (χ0v) is 12.7. The van der Waals surface area contributed by atoms with E-state index in [0.717, 1.165) is 0 Å². The molecule has 3 rings (SSSR count). The summed E-state index contributed by atoms with van der Waals surface area (Å²) in [5, 5.41) is 28.6. The number of phenols is 3. The van der Waals surface area contributed by atoms with E-state index in [9.17, 15) is 20.1 Å². The molecule has 0 saturated carbocycles. The number of ketones is 1. The molecule has 106 valence electrons. The van der Waals surface area contributed by atoms with Crippen LogP contribution in [-0.2, 0) is 0 Å². The second-order valence-electron chi connectivity index (χ2n) is 4.46. The normalized spacial score (nSPS) is 15.1. The van der Waals surface area contributed by atoms with Crippen molar-refractivity contribution >= 4 is 34.5 Å². The first kappa shape index (κ1) is 13.7. The molecule has 1 aliphatic heterocycles. The van der Waals surface area contributed by atoms with Crippen LogP contribution in [0.3, 0.4) is 0 Å². The number of ether oxygens (including phenoxy) is 1. The number of halogens is 1. The summed E-state index contributed by atoms with van der Waals surface area (Å²) in [6.07, 6.45) is 1.39. The highest BCUT2D eigenvalue weighted by molar-refractivity contribution is 14.1. The minimum Gasteiger partial charge on any atom is -0.508 e. The molecule has 1 heterocycles. The van der Waals surface area contributed by atoms with E-state index in [4.69, 9.17) is 4.74 Å². The van der Waals surface area contributed by atoms with Crippen LogP contribution in [0.2, 0.25) is 0 Å². The zero-order chi connectivity index (χ0) is 15.1. The van der Waals surface area contributed by atoms with Crippen molar-refractivity contribution in [1.82, 2.24) is 0 Å². The van der Waals surface area contributed by atoms with Crippen molar-refractivity contribution in [3.63, 3.8) is 0 Å². The van der Waals surface area contributed by atoms with Gasteiger partial charge >= 0.3 is 0 Å². The lowest BCUT2D eigenvalue weighted by atomic mass is 10.1. The fourth-order valence-corrected chi connectivity index (χ4v) is 2.58. The summed E-state index contributed by atoms with van der Waals surface area (Å²) >= 11 is 1.90. The first-order chi connectivity index (χ1) is 9.97. The van der Waals surface area contributed by atoms with Crippen molar-refractivity contribution in [3.8, 4) is 23.0 Å². The molecule has 0 aromatic heterocycles. The molecule has 0 aliphatic carbocycles. The molecule has 0 atom stereocenters. The van der Waals surface area contributed by atoms with Crippen LogP contribution in [0.5, 0.6) is 23.0 Å². The summed E-state index contributed by atoms with van der Waals surface area (Å²) in [5.74, 6) is -0.158. The van der Waals surface area contributed by atoms with Gasteiger partial charge in [0, 0.05) is 11.6 Å². The predicted molar refractivity (Wildman–Crippen MR) is 83.5 cm³/mol. The third-order valence-electron chi connectivity index (χ3n) is 3.06. The van der Waals surface area contributed by atoms with E-state index in [1.807, 2.05) is 22.6 Å². The van der Waals surface area contributed by atoms with Gasteiger partial charge in [0.25, 0.3) is 0 Å². The van der Waals surface area contributed by atoms with E-state index in [2.05, 4.69) is 0 Å². The van der Waals surface area contributed by atoms with Gasteiger partial charge in [-0.05, 0) is 52.9 Å². The topological polar surface area (TPSA) is 87.0 Å². The lowest BCUT2D eigenvalue weighted by molar-refractivity contribution is 0.101. The first-order valence-electron chi connectivity index (χ1n) is 5.95. The van der Waals surface area contributed by atoms with Crippen molar-refractivity contribution in [2.24, 2.45) is 0 Å². The molecule has 0 bridgehead atoms. The second-order valence-corrected chi connectivity index (χ2v) is 5.54. The molecule has 2 aromatic carbocycles. The molecule has 3 N–H and O–H groups in total. The van der Waals surface area contributed by atoms with Crippen molar-refractivity contribution in [1.29, 1.82) is 0 Å². The highest BCUT2D eigenvalue weighted by atomic mass is 127. The van der Waals surface area contributed by atoms with Crippen molar-refractivity contribution in [3.05, 3.63) is 50.8 Å². The monoisotopic (exact) mass is 396 g/mol. The van der Waals surface area contributed by atoms with E-state index in [1.165, 1.54) is 36.4 Å². The van der Waals surface area contributed by atoms with Gasteiger partial charge in [-0.1, -0.05) is 0 Å². The number of hydrogen-bond acceptors (Lipinski definition) is 5. The fourth-order valence-electron chi connectivity index (χ4n) is 2.00. The molecule has 6 heteroatoms. The van der Waals surface area contributed by atoms with Crippen molar-refractivity contribution in [2.45, 2.75) is 0 Å². The molecule has 0 saturated heterocycles. The Hall–Kier alpha value is -2.22. The number of hydrogen-bond donors (Lipinski definition) is 3. The molecule has 0 amide bonds. The van der Waals surface area contributed by atoms with Gasteiger partial charge in [0.1, 0.15) is 17.2 Å². The van der Waals surface area contributed by atoms with E-state index in [1.54, 1.807) is 0 Å². The van der Waals surface area contributed by atoms with Gasteiger partial charge in [-0.2, -0.15) is 0 Å². The van der Waals surface area contributed by atoms with E-state index in [-0.39, 0.29) is 28.8 Å². The Morgan fingerprint density at radius 1 is 1.05 bits per heavy atom. The lowest BCUT2D eigenvalue weighted by Crippen LogP contribution is -1.98. The van der Waals surface area contributed by atoms with E-state index >= 15 is 0 Å². The van der Waals surface area contributed by atoms with E-state index in [0.29, 0.717) is 20.4 Å². The number of allylic oxidation sites excluding steroid dienone is 1. The van der Waals surface area contributed by atoms with Gasteiger partial charge in [0.05, 0.1) is 9.13 Å². The smallest absolute Gasteiger partial charge is 0.232 e. The summed E-state index contributed by atoms with van der Waals surface area (Å²) in [4.78, 5) is 12.2. The maximum absolute atomic E-state index is 12.2. The quantitative estimate of drug-likeness (QED) is 0.510. The summed E-state index contributed by atoms with van der Waals surface area (Å²) in [6, 6.07) is 6.97. The van der Waals surface area contributed by atoms with Crippen molar-refractivity contribution in [2.75, 3.05) is 0 Å². The van der Waals surface area contributed by atoms with Crippen molar-refractivity contribution < 1.29 is 24.9 Å². The fraction of sp³-hybridized carbons (Fsp3) is 0. The molecule has 1 aliphatic rings.